The van der Waals surface area contributed by atoms with Gasteiger partial charge >= 0.3 is 18.2 Å². The maximum absolute atomic E-state index is 13.2. The van der Waals surface area contributed by atoms with E-state index in [1.54, 1.807) is 24.3 Å². The van der Waals surface area contributed by atoms with Gasteiger partial charge in [0, 0.05) is 29.2 Å². The standard InChI is InChI=1S/C38H36ClF4N7O6/c39-25-8-6-24(7-9-25)37(16-17-37)50-35-47-34(48-36(49-35)56-20-38(41,42)43)45-27-12-3-22(4-13-27)31(52)46-29(33(54)55)15-18-44-32(53)30(51)14-5-23-19-28(23)21-1-10-26(40)11-2-21/h1-4,6-13,23,28-29H,5,14-20H2,(H,44,53)(H,46,52)(H,54,55)(H2,45,47,48,49,50)/t23?,28?,29-/m0/s1. The summed E-state index contributed by atoms with van der Waals surface area (Å²) < 4.78 is 56.8. The number of aliphatic carboxylic acids is 1. The number of rotatable bonds is 18. The molecule has 1 heterocycles. The van der Waals surface area contributed by atoms with Crippen LogP contribution < -0.4 is 26.0 Å². The first kappa shape index (κ1) is 39.8. The molecule has 3 aromatic carbocycles. The highest BCUT2D eigenvalue weighted by Crippen LogP contribution is 2.50. The van der Waals surface area contributed by atoms with Crippen molar-refractivity contribution in [1.82, 2.24) is 25.6 Å². The minimum Gasteiger partial charge on any atom is -0.480 e. The van der Waals surface area contributed by atoms with Gasteiger partial charge in [-0.05, 0) is 104 Å². The fourth-order valence-corrected chi connectivity index (χ4v) is 6.28. The number of nitrogens with one attached hydrogen (secondary N) is 4. The number of Topliss-reactive ketones (excluding diaryl/α,β-unsaturated/α-hetero) is 1. The number of aromatic nitrogens is 3. The SMILES string of the molecule is O=C(CCC1CC1c1ccc(F)cc1)C(=O)NCC[C@H](NC(=O)c1ccc(Nc2nc(NC3(c4ccc(Cl)cc4)CC3)nc(OCC(F)(F)F)n2)cc1)C(=O)O. The molecule has 2 unspecified atom stereocenters. The minimum absolute atomic E-state index is 0.0154. The average Bonchev–Trinajstić information content (AvgIpc) is 4.10. The van der Waals surface area contributed by atoms with Gasteiger partial charge < -0.3 is 31.1 Å². The van der Waals surface area contributed by atoms with E-state index in [1.165, 1.54) is 36.4 Å². The van der Waals surface area contributed by atoms with Crippen molar-refractivity contribution in [1.29, 1.82) is 0 Å². The Morgan fingerprint density at radius 3 is 2.25 bits per heavy atom. The Bertz CT molecular complexity index is 2070. The number of benzene rings is 3. The molecule has 2 amide bonds. The molecule has 0 spiro atoms. The molecule has 3 atom stereocenters. The van der Waals surface area contributed by atoms with Crippen molar-refractivity contribution in [3.8, 4) is 6.01 Å². The number of carbonyl (C=O) groups is 4. The number of ketones is 1. The predicted octanol–water partition coefficient (Wildman–Crippen LogP) is 6.29. The lowest BCUT2D eigenvalue weighted by Crippen LogP contribution is -2.43. The minimum atomic E-state index is -4.65. The number of alkyl halides is 3. The second-order valence-electron chi connectivity index (χ2n) is 13.6. The lowest BCUT2D eigenvalue weighted by molar-refractivity contribution is -0.154. The Morgan fingerprint density at radius 2 is 1.61 bits per heavy atom. The fourth-order valence-electron chi connectivity index (χ4n) is 6.15. The van der Waals surface area contributed by atoms with E-state index < -0.39 is 53.9 Å². The van der Waals surface area contributed by atoms with Crippen molar-refractivity contribution in [3.63, 3.8) is 0 Å². The molecule has 56 heavy (non-hydrogen) atoms. The van der Waals surface area contributed by atoms with Crippen LogP contribution in [0.4, 0.5) is 35.1 Å². The maximum atomic E-state index is 13.2. The highest BCUT2D eigenvalue weighted by atomic mass is 35.5. The number of amides is 2. The number of halogens is 5. The molecule has 2 fully saturated rings. The van der Waals surface area contributed by atoms with Crippen molar-refractivity contribution in [2.45, 2.75) is 62.2 Å². The van der Waals surface area contributed by atoms with Crippen LogP contribution in [0.3, 0.4) is 0 Å². The molecular weight excluding hydrogens is 762 g/mol. The lowest BCUT2D eigenvalue weighted by Gasteiger charge is -2.19. The van der Waals surface area contributed by atoms with Gasteiger partial charge in [0.05, 0.1) is 5.54 Å². The molecule has 0 radical (unpaired) electrons. The van der Waals surface area contributed by atoms with Crippen molar-refractivity contribution >= 4 is 52.8 Å². The van der Waals surface area contributed by atoms with Crippen LogP contribution in [0, 0.1) is 11.7 Å². The molecule has 5 N–H and O–H groups in total. The molecule has 294 valence electrons. The van der Waals surface area contributed by atoms with Crippen LogP contribution >= 0.6 is 11.6 Å². The number of carboxylic acid groups (broad SMARTS) is 1. The molecule has 13 nitrogen and oxygen atoms in total. The summed E-state index contributed by atoms with van der Waals surface area (Å²) in [6, 6.07) is 16.9. The number of hydrogen-bond acceptors (Lipinski definition) is 10. The zero-order chi connectivity index (χ0) is 40.0. The van der Waals surface area contributed by atoms with Crippen molar-refractivity contribution in [2.24, 2.45) is 5.92 Å². The van der Waals surface area contributed by atoms with E-state index in [4.69, 9.17) is 16.3 Å². The summed E-state index contributed by atoms with van der Waals surface area (Å²) in [6.07, 6.45) is -2.10. The maximum Gasteiger partial charge on any atom is 0.422 e. The van der Waals surface area contributed by atoms with Gasteiger partial charge in [-0.3, -0.25) is 14.4 Å². The summed E-state index contributed by atoms with van der Waals surface area (Å²) in [5.74, 6) is -3.68. The molecule has 1 aromatic heterocycles. The molecule has 18 heteroatoms. The first-order valence-electron chi connectivity index (χ1n) is 17.6. The van der Waals surface area contributed by atoms with Crippen LogP contribution in [-0.2, 0) is 19.9 Å². The molecular formula is C38H36ClF4N7O6. The summed E-state index contributed by atoms with van der Waals surface area (Å²) in [5, 5.41) is 21.0. The molecule has 0 saturated heterocycles. The van der Waals surface area contributed by atoms with Gasteiger partial charge in [-0.15, -0.1) is 0 Å². The molecule has 0 bridgehead atoms. The van der Waals surface area contributed by atoms with Crippen LogP contribution in [0.1, 0.15) is 65.9 Å². The van der Waals surface area contributed by atoms with Crippen LogP contribution in [0.25, 0.3) is 0 Å². The second-order valence-corrected chi connectivity index (χ2v) is 14.0. The molecule has 4 aromatic rings. The molecule has 2 aliphatic rings. The molecule has 0 aliphatic heterocycles. The zero-order valence-corrected chi connectivity index (χ0v) is 30.3. The van der Waals surface area contributed by atoms with Crippen LogP contribution in [-0.4, -0.2) is 69.0 Å². The van der Waals surface area contributed by atoms with Crippen molar-refractivity contribution < 1.29 is 46.6 Å². The zero-order valence-electron chi connectivity index (χ0n) is 29.5. The van der Waals surface area contributed by atoms with Gasteiger partial charge in [0.1, 0.15) is 11.9 Å². The van der Waals surface area contributed by atoms with Gasteiger partial charge in [-0.1, -0.05) is 35.9 Å². The highest BCUT2D eigenvalue weighted by molar-refractivity contribution is 6.36. The van der Waals surface area contributed by atoms with Crippen molar-refractivity contribution in [2.75, 3.05) is 23.8 Å². The third-order valence-electron chi connectivity index (χ3n) is 9.42. The van der Waals surface area contributed by atoms with Gasteiger partial charge in [0.2, 0.25) is 17.7 Å². The average molecular weight is 798 g/mol. The van der Waals surface area contributed by atoms with E-state index in [1.807, 2.05) is 12.1 Å². The second kappa shape index (κ2) is 16.9. The summed E-state index contributed by atoms with van der Waals surface area (Å²) >= 11 is 6.02. The van der Waals surface area contributed by atoms with Gasteiger partial charge in [0.15, 0.2) is 6.61 Å². The summed E-state index contributed by atoms with van der Waals surface area (Å²) in [6.45, 7) is -1.82. The lowest BCUT2D eigenvalue weighted by atomic mass is 10.1. The Kier molecular flexibility index (Phi) is 12.0. The Balaban J connectivity index is 1.00. The Labute approximate surface area is 322 Å². The van der Waals surface area contributed by atoms with Gasteiger partial charge in [-0.25, -0.2) is 9.18 Å². The van der Waals surface area contributed by atoms with E-state index in [0.717, 1.165) is 17.5 Å². The molecule has 6 rings (SSSR count). The number of ether oxygens (including phenoxy) is 1. The number of carbonyl (C=O) groups excluding carboxylic acids is 3. The van der Waals surface area contributed by atoms with Crippen LogP contribution in [0.15, 0.2) is 72.8 Å². The largest absolute Gasteiger partial charge is 0.480 e. The molecule has 2 aliphatic carbocycles. The van der Waals surface area contributed by atoms with Crippen LogP contribution in [0.5, 0.6) is 6.01 Å². The number of anilines is 3. The molecule has 2 saturated carbocycles. The van der Waals surface area contributed by atoms with Gasteiger partial charge in [-0.2, -0.15) is 28.1 Å². The quantitative estimate of drug-likeness (QED) is 0.0563. The normalized spacial score (nSPS) is 17.2. The van der Waals surface area contributed by atoms with Crippen LogP contribution in [0.2, 0.25) is 5.02 Å². The predicted molar refractivity (Wildman–Crippen MR) is 195 cm³/mol. The number of hydrogen-bond donors (Lipinski definition) is 5. The first-order valence-corrected chi connectivity index (χ1v) is 18.0. The summed E-state index contributed by atoms with van der Waals surface area (Å²) in [7, 11) is 0. The Morgan fingerprint density at radius 1 is 0.929 bits per heavy atom. The smallest absolute Gasteiger partial charge is 0.422 e. The topological polar surface area (TPSA) is 185 Å². The first-order chi connectivity index (χ1) is 26.7. The van der Waals surface area contributed by atoms with E-state index >= 15 is 0 Å². The third-order valence-corrected chi connectivity index (χ3v) is 9.67. The van der Waals surface area contributed by atoms with E-state index in [9.17, 15) is 41.8 Å². The fraction of sp³-hybridized carbons (Fsp3) is 0.342. The highest BCUT2D eigenvalue weighted by Gasteiger charge is 2.45. The van der Waals surface area contributed by atoms with E-state index in [2.05, 4.69) is 36.2 Å². The summed E-state index contributed by atoms with van der Waals surface area (Å²) in [4.78, 5) is 61.9. The number of carboxylic acids is 1. The monoisotopic (exact) mass is 797 g/mol. The van der Waals surface area contributed by atoms with E-state index in [0.29, 0.717) is 30.0 Å². The van der Waals surface area contributed by atoms with Gasteiger partial charge in [0.25, 0.3) is 11.8 Å². The van der Waals surface area contributed by atoms with Crippen molar-refractivity contribution in [3.05, 3.63) is 100 Å². The third kappa shape index (κ3) is 10.9. The van der Waals surface area contributed by atoms with E-state index in [-0.39, 0.29) is 54.5 Å². The Hall–Kier alpha value is -5.84. The number of nitrogens with zero attached hydrogens (tertiary/aromatic N) is 3. The summed E-state index contributed by atoms with van der Waals surface area (Å²) in [5.41, 5.74) is 1.70.